The molecule has 1 fully saturated rings. The topological polar surface area (TPSA) is 89.1 Å². The molecule has 8 nitrogen and oxygen atoms in total. The highest BCUT2D eigenvalue weighted by Gasteiger charge is 2.33. The van der Waals surface area contributed by atoms with Crippen LogP contribution in [0.1, 0.15) is 58.1 Å². The first-order valence-corrected chi connectivity index (χ1v) is 12.2. The lowest BCUT2D eigenvalue weighted by atomic mass is 9.99. The zero-order chi connectivity index (χ0) is 23.9. The molecule has 1 saturated carbocycles. The second-order valence-corrected chi connectivity index (χ2v) is 9.45. The Labute approximate surface area is 204 Å². The van der Waals surface area contributed by atoms with Gasteiger partial charge in [-0.2, -0.15) is 5.10 Å². The summed E-state index contributed by atoms with van der Waals surface area (Å²) in [6.07, 6.45) is 7.63. The van der Waals surface area contributed by atoms with Crippen molar-refractivity contribution in [3.63, 3.8) is 0 Å². The lowest BCUT2D eigenvalue weighted by Gasteiger charge is -2.27. The van der Waals surface area contributed by atoms with Crippen molar-refractivity contribution in [3.05, 3.63) is 76.9 Å². The Morgan fingerprint density at radius 3 is 2.89 bits per heavy atom. The minimum atomic E-state index is -0.120. The molecule has 0 bridgehead atoms. The van der Waals surface area contributed by atoms with Crippen LogP contribution in [0.25, 0.3) is 17.4 Å². The van der Waals surface area contributed by atoms with E-state index in [0.717, 1.165) is 49.2 Å². The van der Waals surface area contributed by atoms with Crippen LogP contribution in [0.5, 0.6) is 0 Å². The first-order chi connectivity index (χ1) is 17.1. The molecule has 1 aliphatic carbocycles. The van der Waals surface area contributed by atoms with Crippen molar-refractivity contribution >= 4 is 11.6 Å². The molecule has 0 atom stereocenters. The van der Waals surface area contributed by atoms with Crippen LogP contribution in [-0.2, 0) is 13.0 Å². The monoisotopic (exact) mass is 468 g/mol. The van der Waals surface area contributed by atoms with Crippen molar-refractivity contribution in [2.24, 2.45) is 0 Å². The predicted octanol–water partition coefficient (Wildman–Crippen LogP) is 4.42. The van der Waals surface area contributed by atoms with Crippen molar-refractivity contribution in [2.75, 3.05) is 18.5 Å². The zero-order valence-corrected chi connectivity index (χ0v) is 20.0. The Balaban J connectivity index is 1.24. The van der Waals surface area contributed by atoms with Crippen molar-refractivity contribution in [2.45, 2.75) is 45.1 Å². The van der Waals surface area contributed by atoms with Gasteiger partial charge in [0.15, 0.2) is 5.76 Å². The number of aryl methyl sites for hydroxylation is 2. The van der Waals surface area contributed by atoms with Gasteiger partial charge in [-0.1, -0.05) is 12.1 Å². The Morgan fingerprint density at radius 1 is 1.20 bits per heavy atom. The SMILES string of the molecule is Cc1ccc(-c2ccnc(-n3ncc(C(=O)NCc4ccc5c(c4)CCCN5C)c3C3CC3)n2)o1. The Kier molecular flexibility index (Phi) is 5.36. The molecular formula is C27H28N6O2. The fraction of sp³-hybridized carbons (Fsp3) is 0.333. The number of furan rings is 1. The van der Waals surface area contributed by atoms with E-state index in [2.05, 4.69) is 50.5 Å². The van der Waals surface area contributed by atoms with E-state index in [1.807, 2.05) is 25.1 Å². The van der Waals surface area contributed by atoms with Gasteiger partial charge in [0.2, 0.25) is 0 Å². The molecule has 4 aromatic rings. The maximum absolute atomic E-state index is 13.2. The molecule has 0 radical (unpaired) electrons. The average molecular weight is 469 g/mol. The number of nitrogens with one attached hydrogen (secondary N) is 1. The molecule has 3 aromatic heterocycles. The van der Waals surface area contributed by atoms with E-state index in [0.29, 0.717) is 29.5 Å². The average Bonchev–Trinajstić information content (AvgIpc) is 3.46. The number of nitrogens with zero attached hydrogens (tertiary/aromatic N) is 5. The van der Waals surface area contributed by atoms with Crippen LogP contribution in [0.4, 0.5) is 5.69 Å². The molecule has 0 unspecified atom stereocenters. The van der Waals surface area contributed by atoms with Crippen molar-refractivity contribution in [3.8, 4) is 17.4 Å². The van der Waals surface area contributed by atoms with E-state index in [-0.39, 0.29) is 11.8 Å². The van der Waals surface area contributed by atoms with Gasteiger partial charge in [0, 0.05) is 37.9 Å². The van der Waals surface area contributed by atoms with Gasteiger partial charge in [0.25, 0.3) is 11.9 Å². The van der Waals surface area contributed by atoms with Gasteiger partial charge in [0.1, 0.15) is 11.5 Å². The second kappa shape index (κ2) is 8.69. The number of hydrogen-bond donors (Lipinski definition) is 1. The number of amides is 1. The summed E-state index contributed by atoms with van der Waals surface area (Å²) in [5.41, 5.74) is 5.90. The first-order valence-electron chi connectivity index (χ1n) is 12.2. The maximum atomic E-state index is 13.2. The number of carbonyl (C=O) groups is 1. The Morgan fingerprint density at radius 2 is 2.09 bits per heavy atom. The van der Waals surface area contributed by atoms with E-state index in [9.17, 15) is 4.79 Å². The molecule has 1 aliphatic heterocycles. The van der Waals surface area contributed by atoms with Gasteiger partial charge >= 0.3 is 0 Å². The van der Waals surface area contributed by atoms with Gasteiger partial charge < -0.3 is 14.6 Å². The van der Waals surface area contributed by atoms with Gasteiger partial charge in [-0.05, 0) is 68.0 Å². The van der Waals surface area contributed by atoms with Crippen LogP contribution < -0.4 is 10.2 Å². The van der Waals surface area contributed by atoms with Gasteiger partial charge in [-0.15, -0.1) is 0 Å². The normalized spacial score (nSPS) is 15.2. The number of fused-ring (bicyclic) bond motifs is 1. The smallest absolute Gasteiger partial charge is 0.255 e. The number of aromatic nitrogens is 4. The van der Waals surface area contributed by atoms with Crippen LogP contribution >= 0.6 is 0 Å². The third-order valence-electron chi connectivity index (χ3n) is 6.79. The highest BCUT2D eigenvalue weighted by Crippen LogP contribution is 2.42. The minimum absolute atomic E-state index is 0.120. The molecule has 6 rings (SSSR count). The zero-order valence-electron chi connectivity index (χ0n) is 20.0. The fourth-order valence-corrected chi connectivity index (χ4v) is 4.83. The largest absolute Gasteiger partial charge is 0.460 e. The number of rotatable bonds is 6. The summed E-state index contributed by atoms with van der Waals surface area (Å²) in [5.74, 6) is 2.11. The number of carbonyl (C=O) groups excluding carboxylic acids is 1. The third-order valence-corrected chi connectivity index (χ3v) is 6.79. The minimum Gasteiger partial charge on any atom is -0.460 e. The molecule has 1 N–H and O–H groups in total. The van der Waals surface area contributed by atoms with Crippen molar-refractivity contribution < 1.29 is 9.21 Å². The van der Waals surface area contributed by atoms with Crippen LogP contribution in [0.15, 0.2) is 53.2 Å². The molecule has 2 aliphatic rings. The van der Waals surface area contributed by atoms with Crippen LogP contribution in [0, 0.1) is 6.92 Å². The van der Waals surface area contributed by atoms with E-state index >= 15 is 0 Å². The molecule has 0 saturated heterocycles. The standard InChI is InChI=1S/C27H28N6O2/c1-17-5-10-24(35-17)22-11-12-28-27(31-22)33-25(19-7-8-19)21(16-30-33)26(34)29-15-18-6-9-23-20(14-18)4-3-13-32(23)2/h5-6,9-12,14,16,19H,3-4,7-8,13,15H2,1-2H3,(H,29,34). The predicted molar refractivity (Wildman–Crippen MR) is 133 cm³/mol. The lowest BCUT2D eigenvalue weighted by Crippen LogP contribution is -2.26. The van der Waals surface area contributed by atoms with Gasteiger partial charge in [0.05, 0.1) is 17.5 Å². The Hall–Kier alpha value is -3.94. The number of hydrogen-bond acceptors (Lipinski definition) is 6. The fourth-order valence-electron chi connectivity index (χ4n) is 4.83. The van der Waals surface area contributed by atoms with Gasteiger partial charge in [-0.25, -0.2) is 14.6 Å². The number of anilines is 1. The maximum Gasteiger partial charge on any atom is 0.255 e. The van der Waals surface area contributed by atoms with Crippen molar-refractivity contribution in [1.82, 2.24) is 25.1 Å². The molecule has 1 aromatic carbocycles. The number of benzene rings is 1. The molecule has 35 heavy (non-hydrogen) atoms. The lowest BCUT2D eigenvalue weighted by molar-refractivity contribution is 0.0950. The summed E-state index contributed by atoms with van der Waals surface area (Å²) in [6, 6.07) is 12.1. The molecule has 8 heteroatoms. The Bertz CT molecular complexity index is 1400. The summed E-state index contributed by atoms with van der Waals surface area (Å²) in [7, 11) is 2.13. The first kappa shape index (κ1) is 21.6. The molecule has 1 amide bonds. The van der Waals surface area contributed by atoms with Crippen LogP contribution in [0.2, 0.25) is 0 Å². The highest BCUT2D eigenvalue weighted by molar-refractivity contribution is 5.95. The van der Waals surface area contributed by atoms with E-state index in [1.165, 1.54) is 11.3 Å². The molecular weight excluding hydrogens is 440 g/mol. The van der Waals surface area contributed by atoms with Crippen molar-refractivity contribution in [1.29, 1.82) is 0 Å². The van der Waals surface area contributed by atoms with E-state index in [1.54, 1.807) is 17.1 Å². The third kappa shape index (κ3) is 4.20. The molecule has 178 valence electrons. The molecule has 4 heterocycles. The quantitative estimate of drug-likeness (QED) is 0.451. The summed E-state index contributed by atoms with van der Waals surface area (Å²) in [4.78, 5) is 24.6. The highest BCUT2D eigenvalue weighted by atomic mass is 16.3. The van der Waals surface area contributed by atoms with Gasteiger partial charge in [-0.3, -0.25) is 4.79 Å². The second-order valence-electron chi connectivity index (χ2n) is 9.45. The molecule has 0 spiro atoms. The van der Waals surface area contributed by atoms with E-state index < -0.39 is 0 Å². The summed E-state index contributed by atoms with van der Waals surface area (Å²) in [6.45, 7) is 3.47. The van der Waals surface area contributed by atoms with Crippen LogP contribution in [-0.4, -0.2) is 39.2 Å². The summed E-state index contributed by atoms with van der Waals surface area (Å²) >= 11 is 0. The summed E-state index contributed by atoms with van der Waals surface area (Å²) < 4.78 is 7.43. The van der Waals surface area contributed by atoms with Crippen LogP contribution in [0.3, 0.4) is 0 Å². The summed E-state index contributed by atoms with van der Waals surface area (Å²) in [5, 5.41) is 7.62. The van der Waals surface area contributed by atoms with E-state index in [4.69, 9.17) is 4.42 Å².